The summed E-state index contributed by atoms with van der Waals surface area (Å²) in [6.45, 7) is 0.391. The molecule has 0 bridgehead atoms. The van der Waals surface area contributed by atoms with E-state index in [1.807, 2.05) is 0 Å². The molecule has 0 saturated carbocycles. The lowest BCUT2D eigenvalue weighted by Gasteiger charge is -2.10. The molecule has 0 aromatic heterocycles. The Kier molecular flexibility index (Phi) is 3.92. The molecule has 3 rings (SSSR count). The first kappa shape index (κ1) is 13.7. The zero-order valence-corrected chi connectivity index (χ0v) is 11.3. The van der Waals surface area contributed by atoms with Crippen molar-refractivity contribution >= 4 is 17.6 Å². The van der Waals surface area contributed by atoms with E-state index in [9.17, 15) is 9.59 Å². The van der Waals surface area contributed by atoms with Crippen LogP contribution in [0, 0.1) is 0 Å². The molecule has 1 atom stereocenters. The van der Waals surface area contributed by atoms with E-state index in [4.69, 9.17) is 18.9 Å². The Morgan fingerprint density at radius 2 is 2.14 bits per heavy atom. The molecule has 7 nitrogen and oxygen atoms in total. The number of carbonyl (C=O) groups is 2. The van der Waals surface area contributed by atoms with E-state index in [-0.39, 0.29) is 13.4 Å². The van der Waals surface area contributed by atoms with Gasteiger partial charge in [-0.2, -0.15) is 0 Å². The number of benzene rings is 1. The molecule has 0 aliphatic carbocycles. The predicted octanol–water partition coefficient (Wildman–Crippen LogP) is 1.08. The van der Waals surface area contributed by atoms with Crippen molar-refractivity contribution in [3.63, 3.8) is 0 Å². The SMILES string of the molecule is O=C(COC(=O)[C@H]1CCCO1)Nc1ccc2c(c1)OCO2. The van der Waals surface area contributed by atoms with Gasteiger partial charge < -0.3 is 24.3 Å². The molecule has 1 aromatic rings. The molecule has 0 unspecified atom stereocenters. The van der Waals surface area contributed by atoms with Gasteiger partial charge in [-0.05, 0) is 25.0 Å². The number of hydrogen-bond donors (Lipinski definition) is 1. The van der Waals surface area contributed by atoms with Gasteiger partial charge in [0.25, 0.3) is 5.91 Å². The van der Waals surface area contributed by atoms with Crippen LogP contribution in [0.25, 0.3) is 0 Å². The first-order valence-corrected chi connectivity index (χ1v) is 6.70. The van der Waals surface area contributed by atoms with E-state index >= 15 is 0 Å². The Bertz CT molecular complexity index is 552. The summed E-state index contributed by atoms with van der Waals surface area (Å²) in [7, 11) is 0. The summed E-state index contributed by atoms with van der Waals surface area (Å²) in [4.78, 5) is 23.3. The molecule has 112 valence electrons. The number of anilines is 1. The molecule has 0 radical (unpaired) electrons. The minimum Gasteiger partial charge on any atom is -0.454 e. The van der Waals surface area contributed by atoms with Gasteiger partial charge in [0.05, 0.1) is 0 Å². The van der Waals surface area contributed by atoms with Crippen LogP contribution in [-0.4, -0.2) is 38.0 Å². The maximum atomic E-state index is 11.7. The number of amides is 1. The molecule has 7 heteroatoms. The largest absolute Gasteiger partial charge is 0.454 e. The molecule has 2 heterocycles. The maximum Gasteiger partial charge on any atom is 0.335 e. The van der Waals surface area contributed by atoms with Crippen molar-refractivity contribution in [1.29, 1.82) is 0 Å². The van der Waals surface area contributed by atoms with Gasteiger partial charge in [-0.25, -0.2) is 4.79 Å². The summed E-state index contributed by atoms with van der Waals surface area (Å²) in [5.74, 6) is 0.301. The normalized spacial score (nSPS) is 19.3. The third kappa shape index (κ3) is 3.25. The molecule has 1 amide bonds. The van der Waals surface area contributed by atoms with Crippen molar-refractivity contribution in [2.24, 2.45) is 0 Å². The Hall–Kier alpha value is -2.28. The van der Waals surface area contributed by atoms with Gasteiger partial charge in [0.15, 0.2) is 24.2 Å². The fraction of sp³-hybridized carbons (Fsp3) is 0.429. The summed E-state index contributed by atoms with van der Waals surface area (Å²) >= 11 is 0. The van der Waals surface area contributed by atoms with Crippen LogP contribution in [0.15, 0.2) is 18.2 Å². The van der Waals surface area contributed by atoms with Crippen LogP contribution in [0.5, 0.6) is 11.5 Å². The molecule has 1 fully saturated rings. The highest BCUT2D eigenvalue weighted by molar-refractivity contribution is 5.93. The van der Waals surface area contributed by atoms with Crippen molar-refractivity contribution in [3.05, 3.63) is 18.2 Å². The molecule has 1 saturated heterocycles. The highest BCUT2D eigenvalue weighted by Crippen LogP contribution is 2.34. The van der Waals surface area contributed by atoms with E-state index in [1.165, 1.54) is 0 Å². The minimum absolute atomic E-state index is 0.172. The number of nitrogens with one attached hydrogen (secondary N) is 1. The van der Waals surface area contributed by atoms with Gasteiger partial charge in [0.1, 0.15) is 0 Å². The van der Waals surface area contributed by atoms with Crippen LogP contribution in [0.1, 0.15) is 12.8 Å². The first-order valence-electron chi connectivity index (χ1n) is 6.70. The number of hydrogen-bond acceptors (Lipinski definition) is 6. The second-order valence-electron chi connectivity index (χ2n) is 4.73. The molecule has 1 aromatic carbocycles. The number of ether oxygens (including phenoxy) is 4. The van der Waals surface area contributed by atoms with Crippen LogP contribution in [0.3, 0.4) is 0 Å². The van der Waals surface area contributed by atoms with Gasteiger partial charge in [0.2, 0.25) is 6.79 Å². The predicted molar refractivity (Wildman–Crippen MR) is 71.1 cm³/mol. The second kappa shape index (κ2) is 6.01. The van der Waals surface area contributed by atoms with E-state index < -0.39 is 18.0 Å². The fourth-order valence-corrected chi connectivity index (χ4v) is 2.16. The second-order valence-corrected chi connectivity index (χ2v) is 4.73. The third-order valence-corrected chi connectivity index (χ3v) is 3.19. The van der Waals surface area contributed by atoms with E-state index in [2.05, 4.69) is 5.32 Å². The lowest BCUT2D eigenvalue weighted by Crippen LogP contribution is -2.27. The van der Waals surface area contributed by atoms with Crippen LogP contribution in [0.4, 0.5) is 5.69 Å². The standard InChI is InChI=1S/C14H15NO6/c16-13(7-19-14(17)11-2-1-5-18-11)15-9-3-4-10-12(6-9)21-8-20-10/h3-4,6,11H,1-2,5,7-8H2,(H,15,16)/t11-/m1/s1. The summed E-state index contributed by atoms with van der Waals surface area (Å²) in [5, 5.41) is 2.63. The highest BCUT2D eigenvalue weighted by atomic mass is 16.7. The first-order chi connectivity index (χ1) is 10.2. The van der Waals surface area contributed by atoms with Crippen LogP contribution >= 0.6 is 0 Å². The van der Waals surface area contributed by atoms with Crippen LogP contribution < -0.4 is 14.8 Å². The number of fused-ring (bicyclic) bond motifs is 1. The third-order valence-electron chi connectivity index (χ3n) is 3.19. The van der Waals surface area contributed by atoms with Gasteiger partial charge in [0, 0.05) is 18.4 Å². The van der Waals surface area contributed by atoms with Crippen molar-refractivity contribution in [2.75, 3.05) is 25.3 Å². The lowest BCUT2D eigenvalue weighted by molar-refractivity contribution is -0.156. The van der Waals surface area contributed by atoms with Gasteiger partial charge >= 0.3 is 5.97 Å². The zero-order valence-electron chi connectivity index (χ0n) is 11.3. The van der Waals surface area contributed by atoms with Crippen molar-refractivity contribution in [1.82, 2.24) is 0 Å². The summed E-state index contributed by atoms with van der Waals surface area (Å²) in [6, 6.07) is 5.05. The number of esters is 1. The van der Waals surface area contributed by atoms with E-state index in [0.717, 1.165) is 6.42 Å². The van der Waals surface area contributed by atoms with Crippen LogP contribution in [-0.2, 0) is 19.1 Å². The Balaban J connectivity index is 1.48. The quantitative estimate of drug-likeness (QED) is 0.836. The van der Waals surface area contributed by atoms with Gasteiger partial charge in [-0.3, -0.25) is 4.79 Å². The topological polar surface area (TPSA) is 83.1 Å². The molecule has 2 aliphatic rings. The van der Waals surface area contributed by atoms with Crippen LogP contribution in [0.2, 0.25) is 0 Å². The molecule has 0 spiro atoms. The monoisotopic (exact) mass is 293 g/mol. The smallest absolute Gasteiger partial charge is 0.335 e. The van der Waals surface area contributed by atoms with E-state index in [0.29, 0.717) is 30.2 Å². The van der Waals surface area contributed by atoms with Gasteiger partial charge in [-0.15, -0.1) is 0 Å². The average molecular weight is 293 g/mol. The lowest BCUT2D eigenvalue weighted by atomic mass is 10.2. The summed E-state index contributed by atoms with van der Waals surface area (Å²) in [6.07, 6.45) is 0.939. The molecular weight excluding hydrogens is 278 g/mol. The van der Waals surface area contributed by atoms with E-state index in [1.54, 1.807) is 18.2 Å². The summed E-state index contributed by atoms with van der Waals surface area (Å²) < 4.78 is 20.5. The Morgan fingerprint density at radius 3 is 2.95 bits per heavy atom. The summed E-state index contributed by atoms with van der Waals surface area (Å²) in [5.41, 5.74) is 0.553. The maximum absolute atomic E-state index is 11.7. The van der Waals surface area contributed by atoms with Crippen molar-refractivity contribution in [3.8, 4) is 11.5 Å². The molecule has 21 heavy (non-hydrogen) atoms. The molecule has 1 N–H and O–H groups in total. The number of carbonyl (C=O) groups excluding carboxylic acids is 2. The molecule has 2 aliphatic heterocycles. The molecular formula is C14H15NO6. The zero-order chi connectivity index (χ0) is 14.7. The Morgan fingerprint density at radius 1 is 1.29 bits per heavy atom. The van der Waals surface area contributed by atoms with Crippen molar-refractivity contribution in [2.45, 2.75) is 18.9 Å². The Labute approximate surface area is 121 Å². The fourth-order valence-electron chi connectivity index (χ4n) is 2.16. The average Bonchev–Trinajstić information content (AvgIpc) is 3.15. The minimum atomic E-state index is -0.539. The number of rotatable bonds is 4. The van der Waals surface area contributed by atoms with Gasteiger partial charge in [-0.1, -0.05) is 0 Å². The highest BCUT2D eigenvalue weighted by Gasteiger charge is 2.25. The van der Waals surface area contributed by atoms with Crippen molar-refractivity contribution < 1.29 is 28.5 Å².